The quantitative estimate of drug-likeness (QED) is 0.402. The Morgan fingerprint density at radius 3 is 2.70 bits per heavy atom. The van der Waals surface area contributed by atoms with E-state index in [0.29, 0.717) is 22.1 Å². The van der Waals surface area contributed by atoms with E-state index >= 15 is 0 Å². The van der Waals surface area contributed by atoms with Crippen LogP contribution in [-0.2, 0) is 0 Å². The number of anilines is 1. The Morgan fingerprint density at radius 2 is 1.97 bits per heavy atom. The Morgan fingerprint density at radius 1 is 1.15 bits per heavy atom. The second-order valence-corrected chi connectivity index (χ2v) is 7.76. The van der Waals surface area contributed by atoms with Crippen molar-refractivity contribution in [1.82, 2.24) is 15.2 Å². The molecule has 0 aliphatic heterocycles. The van der Waals surface area contributed by atoms with Gasteiger partial charge in [-0.15, -0.1) is 10.2 Å². The molecule has 0 radical (unpaired) electrons. The molecule has 0 saturated carbocycles. The van der Waals surface area contributed by atoms with Gasteiger partial charge in [-0.05, 0) is 29.8 Å². The van der Waals surface area contributed by atoms with Crippen LogP contribution in [0.5, 0.6) is 11.5 Å². The monoisotopic (exact) mass is 466 g/mol. The molecule has 4 aromatic rings. The predicted molar refractivity (Wildman–Crippen MR) is 121 cm³/mol. The van der Waals surface area contributed by atoms with Crippen LogP contribution < -0.4 is 14.8 Å². The maximum atomic E-state index is 13.9. The number of aliphatic hydroxyl groups excluding tert-OH is 1. The molecule has 2 aromatic heterocycles. The molecule has 1 amide bonds. The van der Waals surface area contributed by atoms with E-state index in [-0.39, 0.29) is 17.3 Å². The highest BCUT2D eigenvalue weighted by Crippen LogP contribution is 2.33. The van der Waals surface area contributed by atoms with Crippen LogP contribution in [0.4, 0.5) is 9.52 Å². The average Bonchev–Trinajstić information content (AvgIpc) is 3.31. The molecule has 0 spiro atoms. The van der Waals surface area contributed by atoms with E-state index in [1.807, 2.05) is 30.3 Å². The Hall–Kier alpha value is -3.89. The fraction of sp³-hybridized carbons (Fsp3) is 0.130. The first-order chi connectivity index (χ1) is 16.1. The third-order valence-electron chi connectivity index (χ3n) is 4.68. The Kier molecular flexibility index (Phi) is 6.86. The number of methoxy groups -OCH3 is 1. The van der Waals surface area contributed by atoms with Crippen molar-refractivity contribution >= 4 is 22.4 Å². The van der Waals surface area contributed by atoms with E-state index in [9.17, 15) is 14.3 Å². The van der Waals surface area contributed by atoms with Gasteiger partial charge in [-0.1, -0.05) is 41.7 Å². The number of aromatic nitrogens is 3. The summed E-state index contributed by atoms with van der Waals surface area (Å²) in [5.41, 5.74) is 1.36. The number of benzene rings is 2. The first kappa shape index (κ1) is 22.3. The van der Waals surface area contributed by atoms with Crippen molar-refractivity contribution in [2.45, 2.75) is 6.10 Å². The van der Waals surface area contributed by atoms with Crippen molar-refractivity contribution in [3.05, 3.63) is 83.9 Å². The van der Waals surface area contributed by atoms with Crippen LogP contribution in [0.3, 0.4) is 0 Å². The summed E-state index contributed by atoms with van der Waals surface area (Å²) in [5.74, 6) is -0.264. The first-order valence-electron chi connectivity index (χ1n) is 9.84. The summed E-state index contributed by atoms with van der Waals surface area (Å²) in [4.78, 5) is 16.4. The number of nitrogens with zero attached hydrogens (tertiary/aromatic N) is 3. The lowest BCUT2D eigenvalue weighted by Crippen LogP contribution is -2.14. The van der Waals surface area contributed by atoms with Crippen LogP contribution in [-0.4, -0.2) is 39.9 Å². The second-order valence-electron chi connectivity index (χ2n) is 6.79. The van der Waals surface area contributed by atoms with Gasteiger partial charge >= 0.3 is 0 Å². The number of hydrogen-bond donors (Lipinski definition) is 2. The molecule has 8 nitrogen and oxygen atoms in total. The normalized spacial score (nSPS) is 11.6. The highest BCUT2D eigenvalue weighted by Gasteiger charge is 2.18. The number of halogens is 1. The van der Waals surface area contributed by atoms with Gasteiger partial charge in [0.05, 0.1) is 25.5 Å². The SMILES string of the molecule is COc1cc(C(=O)Nc2nnc(-c3ccncc3F)s2)ccc1OC(CO)c1ccccc1. The maximum Gasteiger partial charge on any atom is 0.257 e. The predicted octanol–water partition coefficient (Wildman–Crippen LogP) is 4.11. The highest BCUT2D eigenvalue weighted by molar-refractivity contribution is 7.18. The standard InChI is InChI=1S/C23H19FN4O4S/c1-31-19-11-15(7-8-18(19)32-20(13-29)14-5-3-2-4-6-14)21(30)26-23-28-27-22(33-23)16-9-10-25-12-17(16)24/h2-12,20,29H,13H2,1H3,(H,26,28,30). The molecule has 2 N–H and O–H groups in total. The Bertz CT molecular complexity index is 1250. The van der Waals surface area contributed by atoms with Gasteiger partial charge in [0.2, 0.25) is 5.13 Å². The molecule has 168 valence electrons. The summed E-state index contributed by atoms with van der Waals surface area (Å²) in [6, 6.07) is 15.5. The van der Waals surface area contributed by atoms with Crippen molar-refractivity contribution < 1.29 is 23.8 Å². The van der Waals surface area contributed by atoms with Crippen LogP contribution in [0.2, 0.25) is 0 Å². The summed E-state index contributed by atoms with van der Waals surface area (Å²) in [6.45, 7) is -0.229. The summed E-state index contributed by atoms with van der Waals surface area (Å²) in [7, 11) is 1.46. The van der Waals surface area contributed by atoms with Gasteiger partial charge in [-0.25, -0.2) is 4.39 Å². The number of nitrogens with one attached hydrogen (secondary N) is 1. The summed E-state index contributed by atoms with van der Waals surface area (Å²) < 4.78 is 25.2. The Balaban J connectivity index is 1.49. The number of ether oxygens (including phenoxy) is 2. The Labute approximate surface area is 192 Å². The van der Waals surface area contributed by atoms with E-state index in [2.05, 4.69) is 20.5 Å². The highest BCUT2D eigenvalue weighted by atomic mass is 32.1. The minimum Gasteiger partial charge on any atom is -0.493 e. The lowest BCUT2D eigenvalue weighted by molar-refractivity contribution is 0.102. The zero-order chi connectivity index (χ0) is 23.2. The fourth-order valence-corrected chi connectivity index (χ4v) is 3.80. The largest absolute Gasteiger partial charge is 0.493 e. The molecule has 0 aliphatic rings. The summed E-state index contributed by atoms with van der Waals surface area (Å²) >= 11 is 1.04. The molecule has 1 atom stereocenters. The van der Waals surface area contributed by atoms with Gasteiger partial charge in [0.15, 0.2) is 22.3 Å². The lowest BCUT2D eigenvalue weighted by atomic mass is 10.1. The molecular formula is C23H19FN4O4S. The van der Waals surface area contributed by atoms with E-state index in [1.165, 1.54) is 25.4 Å². The number of amides is 1. The van der Waals surface area contributed by atoms with Crippen molar-refractivity contribution in [3.8, 4) is 22.1 Å². The van der Waals surface area contributed by atoms with Crippen LogP contribution in [0.1, 0.15) is 22.0 Å². The van der Waals surface area contributed by atoms with E-state index in [0.717, 1.165) is 23.1 Å². The van der Waals surface area contributed by atoms with Gasteiger partial charge in [0.1, 0.15) is 6.10 Å². The van der Waals surface area contributed by atoms with Gasteiger partial charge in [-0.3, -0.25) is 15.1 Å². The van der Waals surface area contributed by atoms with Crippen molar-refractivity contribution in [1.29, 1.82) is 0 Å². The van der Waals surface area contributed by atoms with Crippen molar-refractivity contribution in [2.24, 2.45) is 0 Å². The van der Waals surface area contributed by atoms with Crippen molar-refractivity contribution in [3.63, 3.8) is 0 Å². The summed E-state index contributed by atoms with van der Waals surface area (Å²) in [5, 5.41) is 20.8. The first-order valence-corrected chi connectivity index (χ1v) is 10.7. The van der Waals surface area contributed by atoms with E-state index < -0.39 is 17.8 Å². The molecule has 1 unspecified atom stereocenters. The number of aliphatic hydroxyl groups is 1. The number of hydrogen-bond acceptors (Lipinski definition) is 8. The lowest BCUT2D eigenvalue weighted by Gasteiger charge is -2.19. The number of pyridine rings is 1. The molecule has 4 rings (SSSR count). The smallest absolute Gasteiger partial charge is 0.257 e. The molecule has 0 saturated heterocycles. The number of rotatable bonds is 8. The third-order valence-corrected chi connectivity index (χ3v) is 5.55. The molecular weight excluding hydrogens is 447 g/mol. The van der Waals surface area contributed by atoms with Gasteiger partial charge < -0.3 is 14.6 Å². The topological polar surface area (TPSA) is 106 Å². The van der Waals surface area contributed by atoms with Crippen LogP contribution in [0, 0.1) is 5.82 Å². The number of carbonyl (C=O) groups is 1. The van der Waals surface area contributed by atoms with E-state index in [4.69, 9.17) is 9.47 Å². The molecule has 33 heavy (non-hydrogen) atoms. The zero-order valence-corrected chi connectivity index (χ0v) is 18.3. The van der Waals surface area contributed by atoms with Crippen molar-refractivity contribution in [2.75, 3.05) is 19.0 Å². The molecule has 2 heterocycles. The minimum atomic E-state index is -0.590. The third kappa shape index (κ3) is 5.13. The molecule has 0 fully saturated rings. The molecule has 0 bridgehead atoms. The summed E-state index contributed by atoms with van der Waals surface area (Å²) in [6.07, 6.45) is 1.95. The van der Waals surface area contributed by atoms with Gasteiger partial charge in [0.25, 0.3) is 5.91 Å². The van der Waals surface area contributed by atoms with E-state index in [1.54, 1.807) is 12.1 Å². The van der Waals surface area contributed by atoms with Crippen LogP contribution >= 0.6 is 11.3 Å². The molecule has 2 aromatic carbocycles. The fourth-order valence-electron chi connectivity index (χ4n) is 3.04. The minimum absolute atomic E-state index is 0.218. The van der Waals surface area contributed by atoms with Crippen LogP contribution in [0.25, 0.3) is 10.6 Å². The number of carbonyl (C=O) groups excluding carboxylic acids is 1. The van der Waals surface area contributed by atoms with Crippen LogP contribution in [0.15, 0.2) is 67.0 Å². The maximum absolute atomic E-state index is 13.9. The van der Waals surface area contributed by atoms with Gasteiger partial charge in [-0.2, -0.15) is 0 Å². The zero-order valence-electron chi connectivity index (χ0n) is 17.4. The second kappa shape index (κ2) is 10.2. The average molecular weight is 466 g/mol. The molecule has 0 aliphatic carbocycles. The van der Waals surface area contributed by atoms with Gasteiger partial charge in [0, 0.05) is 11.8 Å². The molecule has 10 heteroatoms.